The van der Waals surface area contributed by atoms with E-state index in [-0.39, 0.29) is 17.5 Å². The maximum Gasteiger partial charge on any atom is 0.410 e. The molecule has 0 saturated carbocycles. The second-order valence-electron chi connectivity index (χ2n) is 8.99. The predicted molar refractivity (Wildman–Crippen MR) is 139 cm³/mol. The predicted octanol–water partition coefficient (Wildman–Crippen LogP) is 6.66. The molecule has 2 aromatic heterocycles. The zero-order valence-corrected chi connectivity index (χ0v) is 21.2. The highest BCUT2D eigenvalue weighted by Crippen LogP contribution is 2.34. The maximum absolute atomic E-state index is 12.9. The molecular weight excluding hydrogens is 486 g/mol. The van der Waals surface area contributed by atoms with Gasteiger partial charge in [0.1, 0.15) is 11.3 Å². The Morgan fingerprint density at radius 3 is 2.57 bits per heavy atom. The lowest BCUT2D eigenvalue weighted by Crippen LogP contribution is -2.39. The van der Waals surface area contributed by atoms with Gasteiger partial charge in [-0.2, -0.15) is 0 Å². The van der Waals surface area contributed by atoms with Crippen LogP contribution in [0.5, 0.6) is 0 Å². The summed E-state index contributed by atoms with van der Waals surface area (Å²) in [6.07, 6.45) is 2.27. The number of nitro benzene ring substituents is 1. The summed E-state index contributed by atoms with van der Waals surface area (Å²) in [6, 6.07) is 12.1. The number of rotatable bonds is 5. The van der Waals surface area contributed by atoms with E-state index < -0.39 is 16.4 Å². The molecule has 4 rings (SSSR count). The quantitative estimate of drug-likeness (QED) is 0.305. The van der Waals surface area contributed by atoms with Gasteiger partial charge in [0.05, 0.1) is 9.80 Å². The van der Waals surface area contributed by atoms with Crippen LogP contribution in [0, 0.1) is 10.1 Å². The summed E-state index contributed by atoms with van der Waals surface area (Å²) in [4.78, 5) is 40.2. The van der Waals surface area contributed by atoms with Gasteiger partial charge in [0.15, 0.2) is 0 Å². The lowest BCUT2D eigenvalue weighted by Gasteiger charge is -2.29. The van der Waals surface area contributed by atoms with Gasteiger partial charge in [-0.15, -0.1) is 22.7 Å². The Balaban J connectivity index is 1.47. The standard InChI is InChI=1S/C25H25N3O5S2/c1-25(2,3)33-24(30)27-12-10-16(11-13-27)21-8-9-22(35-21)23(29)26-18-15-17(20-5-4-14-34-20)6-7-19(18)28(31)32/h4-10,14-15H,11-13H2,1-3H3,(H,26,29). The van der Waals surface area contributed by atoms with Crippen LogP contribution in [0.1, 0.15) is 41.7 Å². The number of thiophene rings is 2. The molecule has 1 N–H and O–H groups in total. The van der Waals surface area contributed by atoms with Crippen molar-refractivity contribution in [3.63, 3.8) is 0 Å². The summed E-state index contributed by atoms with van der Waals surface area (Å²) in [5.74, 6) is -0.403. The first-order chi connectivity index (χ1) is 16.6. The van der Waals surface area contributed by atoms with Crippen LogP contribution in [0.25, 0.3) is 16.0 Å². The summed E-state index contributed by atoms with van der Waals surface area (Å²) in [7, 11) is 0. The molecule has 182 valence electrons. The second kappa shape index (κ2) is 10.0. The average molecular weight is 512 g/mol. The van der Waals surface area contributed by atoms with Gasteiger partial charge in [0.2, 0.25) is 0 Å². The fourth-order valence-electron chi connectivity index (χ4n) is 3.59. The van der Waals surface area contributed by atoms with E-state index in [4.69, 9.17) is 4.74 Å². The lowest BCUT2D eigenvalue weighted by atomic mass is 10.1. The average Bonchev–Trinajstić information content (AvgIpc) is 3.50. The number of amides is 2. The summed E-state index contributed by atoms with van der Waals surface area (Å²) in [6.45, 7) is 6.47. The number of anilines is 1. The first-order valence-electron chi connectivity index (χ1n) is 11.0. The third-order valence-corrected chi connectivity index (χ3v) is 7.33. The van der Waals surface area contributed by atoms with Gasteiger partial charge >= 0.3 is 6.09 Å². The lowest BCUT2D eigenvalue weighted by molar-refractivity contribution is -0.383. The van der Waals surface area contributed by atoms with Crippen LogP contribution in [0.3, 0.4) is 0 Å². The Morgan fingerprint density at radius 2 is 1.94 bits per heavy atom. The summed E-state index contributed by atoms with van der Waals surface area (Å²) in [5, 5.41) is 16.2. The van der Waals surface area contributed by atoms with Crippen molar-refractivity contribution in [2.45, 2.75) is 32.8 Å². The van der Waals surface area contributed by atoms with Crippen LogP contribution in [-0.4, -0.2) is 40.5 Å². The van der Waals surface area contributed by atoms with Crippen LogP contribution in [-0.2, 0) is 4.74 Å². The van der Waals surface area contributed by atoms with Crippen molar-refractivity contribution in [2.24, 2.45) is 0 Å². The number of hydrogen-bond donors (Lipinski definition) is 1. The fourth-order valence-corrected chi connectivity index (χ4v) is 5.29. The molecule has 1 aliphatic heterocycles. The second-order valence-corrected chi connectivity index (χ2v) is 11.0. The van der Waals surface area contributed by atoms with Crippen molar-refractivity contribution in [2.75, 3.05) is 18.4 Å². The third kappa shape index (κ3) is 5.95. The van der Waals surface area contributed by atoms with E-state index in [0.717, 1.165) is 20.9 Å². The number of benzene rings is 1. The van der Waals surface area contributed by atoms with Crippen molar-refractivity contribution in [1.29, 1.82) is 0 Å². The van der Waals surface area contributed by atoms with E-state index in [1.165, 1.54) is 28.7 Å². The van der Waals surface area contributed by atoms with Crippen LogP contribution >= 0.6 is 22.7 Å². The molecule has 1 aliphatic rings. The highest BCUT2D eigenvalue weighted by Gasteiger charge is 2.25. The third-order valence-electron chi connectivity index (χ3n) is 5.25. The van der Waals surface area contributed by atoms with Crippen molar-refractivity contribution in [1.82, 2.24) is 4.90 Å². The van der Waals surface area contributed by atoms with E-state index in [1.807, 2.05) is 50.4 Å². The van der Waals surface area contributed by atoms with E-state index in [0.29, 0.717) is 24.4 Å². The number of nitro groups is 1. The minimum absolute atomic E-state index is 0.158. The molecule has 35 heavy (non-hydrogen) atoms. The highest BCUT2D eigenvalue weighted by molar-refractivity contribution is 7.15. The largest absolute Gasteiger partial charge is 0.444 e. The van der Waals surface area contributed by atoms with Gasteiger partial charge in [-0.05, 0) is 74.0 Å². The number of nitrogens with zero attached hydrogens (tertiary/aromatic N) is 2. The maximum atomic E-state index is 12.9. The number of carbonyl (C=O) groups is 2. The number of hydrogen-bond acceptors (Lipinski definition) is 7. The van der Waals surface area contributed by atoms with Crippen LogP contribution < -0.4 is 5.32 Å². The topological polar surface area (TPSA) is 102 Å². The Labute approximate surface area is 211 Å². The van der Waals surface area contributed by atoms with Gasteiger partial charge in [-0.25, -0.2) is 4.79 Å². The molecular formula is C25H25N3O5S2. The van der Waals surface area contributed by atoms with Crippen LogP contribution in [0.15, 0.2) is 53.9 Å². The van der Waals surface area contributed by atoms with Crippen molar-refractivity contribution >= 4 is 51.6 Å². The molecule has 10 heteroatoms. The zero-order chi connectivity index (χ0) is 25.2. The molecule has 0 aliphatic carbocycles. The normalized spacial score (nSPS) is 13.8. The SMILES string of the molecule is CC(C)(C)OC(=O)N1CC=C(c2ccc(C(=O)Nc3cc(-c4cccs4)ccc3[N+](=O)[O-])s2)CC1. The van der Waals surface area contributed by atoms with Crippen molar-refractivity contribution < 1.29 is 19.2 Å². The Bertz CT molecular complexity index is 1290. The molecule has 0 bridgehead atoms. The first-order valence-corrected chi connectivity index (χ1v) is 12.7. The molecule has 1 aromatic carbocycles. The van der Waals surface area contributed by atoms with Gasteiger partial charge in [-0.1, -0.05) is 12.1 Å². The molecule has 3 aromatic rings. The molecule has 0 atom stereocenters. The fraction of sp³-hybridized carbons (Fsp3) is 0.280. The molecule has 0 saturated heterocycles. The van der Waals surface area contributed by atoms with E-state index in [1.54, 1.807) is 23.1 Å². The molecule has 0 spiro atoms. The van der Waals surface area contributed by atoms with E-state index >= 15 is 0 Å². The number of nitrogens with one attached hydrogen (secondary N) is 1. The van der Waals surface area contributed by atoms with Crippen molar-refractivity contribution in [3.05, 3.63) is 73.8 Å². The molecule has 3 heterocycles. The molecule has 2 amide bonds. The molecule has 0 radical (unpaired) electrons. The van der Waals surface area contributed by atoms with E-state index in [9.17, 15) is 19.7 Å². The minimum Gasteiger partial charge on any atom is -0.444 e. The van der Waals surface area contributed by atoms with E-state index in [2.05, 4.69) is 5.32 Å². The molecule has 0 fully saturated rings. The summed E-state index contributed by atoms with van der Waals surface area (Å²) >= 11 is 2.84. The Kier molecular flexibility index (Phi) is 7.04. The van der Waals surface area contributed by atoms with Gasteiger partial charge in [-0.3, -0.25) is 14.9 Å². The zero-order valence-electron chi connectivity index (χ0n) is 19.6. The Hall–Kier alpha value is -3.50. The van der Waals surface area contributed by atoms with Crippen LogP contribution in [0.2, 0.25) is 0 Å². The summed E-state index contributed by atoms with van der Waals surface area (Å²) < 4.78 is 5.43. The number of carbonyl (C=O) groups excluding carboxylic acids is 2. The van der Waals surface area contributed by atoms with Crippen LogP contribution in [0.4, 0.5) is 16.2 Å². The van der Waals surface area contributed by atoms with Gasteiger partial charge < -0.3 is 15.0 Å². The minimum atomic E-state index is -0.546. The van der Waals surface area contributed by atoms with Gasteiger partial charge in [0, 0.05) is 28.9 Å². The van der Waals surface area contributed by atoms with Crippen molar-refractivity contribution in [3.8, 4) is 10.4 Å². The smallest absolute Gasteiger partial charge is 0.410 e. The number of ether oxygens (including phenoxy) is 1. The monoisotopic (exact) mass is 511 g/mol. The molecule has 8 nitrogen and oxygen atoms in total. The molecule has 0 unspecified atom stereocenters. The first kappa shape index (κ1) is 24.6. The Morgan fingerprint density at radius 1 is 1.14 bits per heavy atom. The van der Waals surface area contributed by atoms with Gasteiger partial charge in [0.25, 0.3) is 11.6 Å². The summed E-state index contributed by atoms with van der Waals surface area (Å²) in [5.41, 5.74) is 1.31. The highest BCUT2D eigenvalue weighted by atomic mass is 32.1.